The van der Waals surface area contributed by atoms with Crippen molar-refractivity contribution >= 4 is 23.2 Å². The average molecular weight is 266 g/mol. The van der Waals surface area contributed by atoms with Crippen molar-refractivity contribution in [2.24, 2.45) is 0 Å². The quantitative estimate of drug-likeness (QED) is 0.729. The van der Waals surface area contributed by atoms with Gasteiger partial charge in [0.05, 0.1) is 10.0 Å². The summed E-state index contributed by atoms with van der Waals surface area (Å²) in [4.78, 5) is 4.18. The highest BCUT2D eigenvalue weighted by atomic mass is 35.5. The Kier molecular flexibility index (Phi) is 3.70. The largest absolute Gasteiger partial charge is 0.264 e. The SMILES string of the molecule is CC(C)c1ccncc1-c1ccc(Cl)c(Cl)c1. The standard InChI is InChI=1S/C14H13Cl2N/c1-9(2)11-5-6-17-8-12(11)10-3-4-13(15)14(16)7-10/h3-9H,1-2H3. The van der Waals surface area contributed by atoms with Gasteiger partial charge in [0, 0.05) is 18.0 Å². The van der Waals surface area contributed by atoms with Crippen LogP contribution in [0.1, 0.15) is 25.3 Å². The number of aromatic nitrogens is 1. The fourth-order valence-corrected chi connectivity index (χ4v) is 2.11. The minimum Gasteiger partial charge on any atom is -0.264 e. The van der Waals surface area contributed by atoms with Crippen LogP contribution in [-0.4, -0.2) is 4.98 Å². The highest BCUT2D eigenvalue weighted by Gasteiger charge is 2.09. The number of benzene rings is 1. The third kappa shape index (κ3) is 2.62. The van der Waals surface area contributed by atoms with Gasteiger partial charge in [-0.05, 0) is 35.2 Å². The highest BCUT2D eigenvalue weighted by Crippen LogP contribution is 2.32. The molecule has 0 radical (unpaired) electrons. The van der Waals surface area contributed by atoms with E-state index in [-0.39, 0.29) is 0 Å². The zero-order chi connectivity index (χ0) is 12.4. The lowest BCUT2D eigenvalue weighted by Crippen LogP contribution is -1.93. The maximum Gasteiger partial charge on any atom is 0.0598 e. The topological polar surface area (TPSA) is 12.9 Å². The molecule has 0 aliphatic heterocycles. The molecule has 2 aromatic rings. The van der Waals surface area contributed by atoms with E-state index in [1.54, 1.807) is 0 Å². The lowest BCUT2D eigenvalue weighted by molar-refractivity contribution is 0.865. The van der Waals surface area contributed by atoms with E-state index >= 15 is 0 Å². The number of halogens is 2. The van der Waals surface area contributed by atoms with Crippen molar-refractivity contribution in [2.75, 3.05) is 0 Å². The molecule has 0 aliphatic rings. The van der Waals surface area contributed by atoms with Crippen molar-refractivity contribution in [3.05, 3.63) is 52.3 Å². The fourth-order valence-electron chi connectivity index (χ4n) is 1.81. The third-order valence-corrected chi connectivity index (χ3v) is 3.45. The van der Waals surface area contributed by atoms with Gasteiger partial charge < -0.3 is 0 Å². The Balaban J connectivity index is 2.56. The van der Waals surface area contributed by atoms with Crippen LogP contribution in [0.5, 0.6) is 0 Å². The summed E-state index contributed by atoms with van der Waals surface area (Å²) in [7, 11) is 0. The molecule has 0 spiro atoms. The lowest BCUT2D eigenvalue weighted by Gasteiger charge is -2.12. The van der Waals surface area contributed by atoms with E-state index in [0.717, 1.165) is 11.1 Å². The summed E-state index contributed by atoms with van der Waals surface area (Å²) in [5.74, 6) is 0.447. The van der Waals surface area contributed by atoms with Crippen LogP contribution in [0.25, 0.3) is 11.1 Å². The highest BCUT2D eigenvalue weighted by molar-refractivity contribution is 6.42. The number of hydrogen-bond acceptors (Lipinski definition) is 1. The summed E-state index contributed by atoms with van der Waals surface area (Å²) in [5.41, 5.74) is 3.43. The molecule has 1 nitrogen and oxygen atoms in total. The van der Waals surface area contributed by atoms with Gasteiger partial charge in [0.2, 0.25) is 0 Å². The first-order valence-corrected chi connectivity index (χ1v) is 6.24. The molecule has 1 aromatic carbocycles. The third-order valence-electron chi connectivity index (χ3n) is 2.71. The van der Waals surface area contributed by atoms with Gasteiger partial charge in [0.15, 0.2) is 0 Å². The van der Waals surface area contributed by atoms with Crippen LogP contribution in [0.15, 0.2) is 36.7 Å². The van der Waals surface area contributed by atoms with Crippen LogP contribution >= 0.6 is 23.2 Å². The molecule has 0 bridgehead atoms. The maximum absolute atomic E-state index is 6.04. The average Bonchev–Trinajstić information content (AvgIpc) is 2.32. The summed E-state index contributed by atoms with van der Waals surface area (Å²) in [6.45, 7) is 4.33. The second kappa shape index (κ2) is 5.07. The van der Waals surface area contributed by atoms with Gasteiger partial charge >= 0.3 is 0 Å². The van der Waals surface area contributed by atoms with E-state index in [9.17, 15) is 0 Å². The summed E-state index contributed by atoms with van der Waals surface area (Å²) >= 11 is 12.0. The van der Waals surface area contributed by atoms with E-state index in [4.69, 9.17) is 23.2 Å². The van der Waals surface area contributed by atoms with E-state index in [0.29, 0.717) is 16.0 Å². The van der Waals surface area contributed by atoms with Crippen LogP contribution in [0.2, 0.25) is 10.0 Å². The van der Waals surface area contributed by atoms with Crippen molar-refractivity contribution in [1.29, 1.82) is 0 Å². The molecule has 0 amide bonds. The molecular formula is C14H13Cl2N. The summed E-state index contributed by atoms with van der Waals surface area (Å²) in [5, 5.41) is 1.15. The zero-order valence-corrected chi connectivity index (χ0v) is 11.3. The summed E-state index contributed by atoms with van der Waals surface area (Å²) < 4.78 is 0. The second-order valence-corrected chi connectivity index (χ2v) is 5.06. The van der Waals surface area contributed by atoms with Gasteiger partial charge in [-0.3, -0.25) is 4.98 Å². The van der Waals surface area contributed by atoms with Gasteiger partial charge in [0.1, 0.15) is 0 Å². The van der Waals surface area contributed by atoms with Crippen molar-refractivity contribution < 1.29 is 0 Å². The van der Waals surface area contributed by atoms with Gasteiger partial charge in [-0.15, -0.1) is 0 Å². The molecule has 0 aliphatic carbocycles. The Bertz CT molecular complexity index is 535. The van der Waals surface area contributed by atoms with E-state index in [1.165, 1.54) is 5.56 Å². The Morgan fingerprint density at radius 3 is 2.47 bits per heavy atom. The summed E-state index contributed by atoms with van der Waals surface area (Å²) in [6, 6.07) is 7.71. The van der Waals surface area contributed by atoms with Crippen molar-refractivity contribution in [3.8, 4) is 11.1 Å². The molecule has 0 fully saturated rings. The maximum atomic E-state index is 6.04. The predicted octanol–water partition coefficient (Wildman–Crippen LogP) is 5.18. The van der Waals surface area contributed by atoms with Crippen molar-refractivity contribution in [2.45, 2.75) is 19.8 Å². The number of hydrogen-bond donors (Lipinski definition) is 0. The van der Waals surface area contributed by atoms with Gasteiger partial charge in [-0.25, -0.2) is 0 Å². The first kappa shape index (κ1) is 12.4. The zero-order valence-electron chi connectivity index (χ0n) is 9.74. The normalized spacial score (nSPS) is 10.9. The predicted molar refractivity (Wildman–Crippen MR) is 73.8 cm³/mol. The summed E-state index contributed by atoms with van der Waals surface area (Å²) in [6.07, 6.45) is 3.69. The van der Waals surface area contributed by atoms with Gasteiger partial charge in [-0.2, -0.15) is 0 Å². The van der Waals surface area contributed by atoms with Crippen LogP contribution < -0.4 is 0 Å². The van der Waals surface area contributed by atoms with Gasteiger partial charge in [-0.1, -0.05) is 43.1 Å². The molecule has 1 aromatic heterocycles. The van der Waals surface area contributed by atoms with Crippen molar-refractivity contribution in [3.63, 3.8) is 0 Å². The van der Waals surface area contributed by atoms with E-state index in [1.807, 2.05) is 36.7 Å². The molecule has 0 unspecified atom stereocenters. The number of pyridine rings is 1. The minimum atomic E-state index is 0.447. The van der Waals surface area contributed by atoms with Crippen LogP contribution in [-0.2, 0) is 0 Å². The first-order valence-electron chi connectivity index (χ1n) is 5.49. The van der Waals surface area contributed by atoms with Crippen LogP contribution in [0, 0.1) is 0 Å². The van der Waals surface area contributed by atoms with Crippen molar-refractivity contribution in [1.82, 2.24) is 4.98 Å². The smallest absolute Gasteiger partial charge is 0.0598 e. The monoisotopic (exact) mass is 265 g/mol. The first-order chi connectivity index (χ1) is 8.09. The van der Waals surface area contributed by atoms with E-state index in [2.05, 4.69) is 18.8 Å². The molecule has 0 N–H and O–H groups in total. The Labute approximate surface area is 111 Å². The fraction of sp³-hybridized carbons (Fsp3) is 0.214. The molecule has 0 saturated carbocycles. The Morgan fingerprint density at radius 2 is 1.82 bits per heavy atom. The minimum absolute atomic E-state index is 0.447. The Hall–Kier alpha value is -1.05. The second-order valence-electron chi connectivity index (χ2n) is 4.25. The lowest BCUT2D eigenvalue weighted by atomic mass is 9.95. The number of rotatable bonds is 2. The van der Waals surface area contributed by atoms with Crippen LogP contribution in [0.3, 0.4) is 0 Å². The van der Waals surface area contributed by atoms with E-state index < -0.39 is 0 Å². The molecule has 17 heavy (non-hydrogen) atoms. The molecule has 3 heteroatoms. The molecule has 2 rings (SSSR count). The van der Waals surface area contributed by atoms with Gasteiger partial charge in [0.25, 0.3) is 0 Å². The number of nitrogens with zero attached hydrogens (tertiary/aromatic N) is 1. The van der Waals surface area contributed by atoms with Crippen LogP contribution in [0.4, 0.5) is 0 Å². The molecule has 0 saturated heterocycles. The Morgan fingerprint density at radius 1 is 1.06 bits per heavy atom. The molecule has 88 valence electrons. The molecular weight excluding hydrogens is 253 g/mol. The molecule has 0 atom stereocenters. The molecule has 1 heterocycles.